The van der Waals surface area contributed by atoms with Crippen molar-refractivity contribution in [3.05, 3.63) is 20.8 Å². The van der Waals surface area contributed by atoms with Crippen molar-refractivity contribution in [2.24, 2.45) is 5.92 Å². The second-order valence-corrected chi connectivity index (χ2v) is 8.68. The first-order valence-electron chi connectivity index (χ1n) is 6.38. The molecule has 4 heteroatoms. The quantitative estimate of drug-likeness (QED) is 0.888. The Balaban J connectivity index is 2.28. The molecular weight excluding hydrogens is 310 g/mol. The van der Waals surface area contributed by atoms with Gasteiger partial charge in [-0.3, -0.25) is 0 Å². The van der Waals surface area contributed by atoms with E-state index in [2.05, 4.69) is 61.1 Å². The van der Waals surface area contributed by atoms with Crippen LogP contribution in [0.1, 0.15) is 45.0 Å². The Hall–Kier alpha value is 0.1000. The summed E-state index contributed by atoms with van der Waals surface area (Å²) < 4.78 is 7.40. The number of rotatable bonds is 3. The van der Waals surface area contributed by atoms with E-state index in [0.717, 1.165) is 6.42 Å². The van der Waals surface area contributed by atoms with Crippen molar-refractivity contribution in [2.45, 2.75) is 51.4 Å². The Kier molecular flexibility index (Phi) is 3.94. The van der Waals surface area contributed by atoms with Crippen molar-refractivity contribution in [1.29, 1.82) is 0 Å². The highest BCUT2D eigenvalue weighted by atomic mass is 79.9. The van der Waals surface area contributed by atoms with E-state index in [1.165, 1.54) is 8.66 Å². The van der Waals surface area contributed by atoms with Gasteiger partial charge in [-0.1, -0.05) is 0 Å². The summed E-state index contributed by atoms with van der Waals surface area (Å²) >= 11 is 5.36. The lowest BCUT2D eigenvalue weighted by molar-refractivity contribution is -0.0775. The van der Waals surface area contributed by atoms with Crippen LogP contribution in [0.4, 0.5) is 0 Å². The molecule has 2 rings (SSSR count). The molecule has 1 N–H and O–H groups in total. The van der Waals surface area contributed by atoms with Gasteiger partial charge in [0.15, 0.2) is 0 Å². The van der Waals surface area contributed by atoms with Crippen molar-refractivity contribution in [2.75, 3.05) is 7.05 Å². The molecule has 1 aromatic heterocycles. The van der Waals surface area contributed by atoms with E-state index in [1.54, 1.807) is 11.3 Å². The molecule has 1 fully saturated rings. The zero-order valence-electron chi connectivity index (χ0n) is 11.7. The summed E-state index contributed by atoms with van der Waals surface area (Å²) in [6.07, 6.45) is 1.08. The molecule has 0 bridgehead atoms. The first kappa shape index (κ1) is 14.5. The van der Waals surface area contributed by atoms with Crippen LogP contribution in [-0.4, -0.2) is 18.2 Å². The van der Waals surface area contributed by atoms with Crippen LogP contribution in [0.5, 0.6) is 0 Å². The number of hydrogen-bond acceptors (Lipinski definition) is 3. The van der Waals surface area contributed by atoms with Crippen LogP contribution in [-0.2, 0) is 4.74 Å². The van der Waals surface area contributed by atoms with Gasteiger partial charge in [-0.25, -0.2) is 0 Å². The predicted molar refractivity (Wildman–Crippen MR) is 81.2 cm³/mol. The SMILES string of the molecule is CNC(c1ccc(Br)s1)C1CC(C)(C)OC1(C)C. The normalized spacial score (nSPS) is 27.3. The van der Waals surface area contributed by atoms with Gasteiger partial charge in [-0.05, 0) is 69.2 Å². The number of ether oxygens (including phenoxy) is 1. The standard InChI is InChI=1S/C14H22BrNOS/c1-13(2)8-9(14(3,4)17-13)12(16-5)10-6-7-11(15)18-10/h6-7,9,12,16H,8H2,1-5H3. The van der Waals surface area contributed by atoms with Gasteiger partial charge in [0, 0.05) is 16.8 Å². The van der Waals surface area contributed by atoms with Crippen molar-refractivity contribution < 1.29 is 4.74 Å². The first-order valence-corrected chi connectivity index (χ1v) is 7.99. The molecule has 1 saturated heterocycles. The molecule has 1 aliphatic heterocycles. The number of halogens is 1. The molecular formula is C14H22BrNOS. The van der Waals surface area contributed by atoms with E-state index >= 15 is 0 Å². The molecule has 2 unspecified atom stereocenters. The molecule has 2 atom stereocenters. The molecule has 1 aromatic rings. The highest BCUT2D eigenvalue weighted by molar-refractivity contribution is 9.11. The summed E-state index contributed by atoms with van der Waals surface area (Å²) in [7, 11) is 2.04. The van der Waals surface area contributed by atoms with Crippen LogP contribution >= 0.6 is 27.3 Å². The van der Waals surface area contributed by atoms with Gasteiger partial charge in [0.25, 0.3) is 0 Å². The smallest absolute Gasteiger partial charge is 0.0701 e. The lowest BCUT2D eigenvalue weighted by Gasteiger charge is -2.32. The molecule has 0 spiro atoms. The lowest BCUT2D eigenvalue weighted by atomic mass is 9.81. The van der Waals surface area contributed by atoms with Crippen LogP contribution in [0.3, 0.4) is 0 Å². The topological polar surface area (TPSA) is 21.3 Å². The minimum absolute atomic E-state index is 0.0300. The molecule has 0 saturated carbocycles. The molecule has 2 heterocycles. The van der Waals surface area contributed by atoms with E-state index in [-0.39, 0.29) is 11.2 Å². The fourth-order valence-electron chi connectivity index (χ4n) is 3.16. The summed E-state index contributed by atoms with van der Waals surface area (Å²) in [6, 6.07) is 4.69. The van der Waals surface area contributed by atoms with Gasteiger partial charge in [0.05, 0.1) is 15.0 Å². The van der Waals surface area contributed by atoms with Crippen molar-refractivity contribution in [3.63, 3.8) is 0 Å². The van der Waals surface area contributed by atoms with Gasteiger partial charge >= 0.3 is 0 Å². The maximum atomic E-state index is 6.21. The fourth-order valence-corrected chi connectivity index (χ4v) is 4.76. The van der Waals surface area contributed by atoms with Gasteiger partial charge in [0.2, 0.25) is 0 Å². The van der Waals surface area contributed by atoms with Crippen LogP contribution < -0.4 is 5.32 Å². The summed E-state index contributed by atoms with van der Waals surface area (Å²) in [5.74, 6) is 0.489. The van der Waals surface area contributed by atoms with Crippen molar-refractivity contribution >= 4 is 27.3 Å². The van der Waals surface area contributed by atoms with Gasteiger partial charge in [0.1, 0.15) is 0 Å². The largest absolute Gasteiger partial charge is 0.369 e. The average molecular weight is 332 g/mol. The van der Waals surface area contributed by atoms with Crippen molar-refractivity contribution in [3.8, 4) is 0 Å². The summed E-state index contributed by atoms with van der Waals surface area (Å²) in [5.41, 5.74) is -0.120. The molecule has 18 heavy (non-hydrogen) atoms. The fraction of sp³-hybridized carbons (Fsp3) is 0.714. The monoisotopic (exact) mass is 331 g/mol. The third-order valence-electron chi connectivity index (χ3n) is 3.76. The van der Waals surface area contributed by atoms with Gasteiger partial charge < -0.3 is 10.1 Å². The van der Waals surface area contributed by atoms with E-state index in [1.807, 2.05) is 7.05 Å². The Morgan fingerprint density at radius 1 is 1.39 bits per heavy atom. The average Bonchev–Trinajstić information content (AvgIpc) is 2.70. The lowest BCUT2D eigenvalue weighted by Crippen LogP contribution is -2.36. The molecule has 102 valence electrons. The van der Waals surface area contributed by atoms with Gasteiger partial charge in [-0.2, -0.15) is 0 Å². The highest BCUT2D eigenvalue weighted by Gasteiger charge is 2.49. The predicted octanol–water partition coefficient (Wildman–Crippen LogP) is 4.36. The molecule has 0 amide bonds. The number of thiophene rings is 1. The number of nitrogens with one attached hydrogen (secondary N) is 1. The molecule has 0 aliphatic carbocycles. The Bertz CT molecular complexity index is 427. The van der Waals surface area contributed by atoms with Crippen LogP contribution in [0.2, 0.25) is 0 Å². The Morgan fingerprint density at radius 2 is 2.06 bits per heavy atom. The second-order valence-electron chi connectivity index (χ2n) is 6.18. The summed E-state index contributed by atoms with van der Waals surface area (Å²) in [4.78, 5) is 1.38. The zero-order valence-corrected chi connectivity index (χ0v) is 14.1. The zero-order chi connectivity index (χ0) is 13.6. The van der Waals surface area contributed by atoms with Gasteiger partial charge in [-0.15, -0.1) is 11.3 Å². The second kappa shape index (κ2) is 4.89. The molecule has 1 aliphatic rings. The Labute approximate surface area is 122 Å². The van der Waals surface area contributed by atoms with E-state index in [0.29, 0.717) is 12.0 Å². The maximum absolute atomic E-state index is 6.21. The van der Waals surface area contributed by atoms with E-state index in [9.17, 15) is 0 Å². The first-order chi connectivity index (χ1) is 8.25. The van der Waals surface area contributed by atoms with Crippen LogP contribution in [0, 0.1) is 5.92 Å². The van der Waals surface area contributed by atoms with Crippen LogP contribution in [0.15, 0.2) is 15.9 Å². The minimum atomic E-state index is -0.0896. The maximum Gasteiger partial charge on any atom is 0.0701 e. The number of hydrogen-bond donors (Lipinski definition) is 1. The van der Waals surface area contributed by atoms with Crippen LogP contribution in [0.25, 0.3) is 0 Å². The third-order valence-corrected chi connectivity index (χ3v) is 5.46. The molecule has 0 radical (unpaired) electrons. The van der Waals surface area contributed by atoms with E-state index in [4.69, 9.17) is 4.74 Å². The third kappa shape index (κ3) is 2.82. The highest BCUT2D eigenvalue weighted by Crippen LogP contribution is 2.48. The van der Waals surface area contributed by atoms with E-state index < -0.39 is 0 Å². The molecule has 0 aromatic carbocycles. The summed E-state index contributed by atoms with van der Waals surface area (Å²) in [6.45, 7) is 8.79. The summed E-state index contributed by atoms with van der Waals surface area (Å²) in [5, 5.41) is 3.48. The van der Waals surface area contributed by atoms with Crippen molar-refractivity contribution in [1.82, 2.24) is 5.32 Å². The Morgan fingerprint density at radius 3 is 2.44 bits per heavy atom. The molecule has 2 nitrogen and oxygen atoms in total. The minimum Gasteiger partial charge on any atom is -0.369 e.